The molecule has 1 aliphatic rings. The lowest BCUT2D eigenvalue weighted by Crippen LogP contribution is -2.43. The zero-order chi connectivity index (χ0) is 14.4. The van der Waals surface area contributed by atoms with Gasteiger partial charge >= 0.3 is 0 Å². The summed E-state index contributed by atoms with van der Waals surface area (Å²) in [5.74, 6) is 1.62. The fourth-order valence-corrected chi connectivity index (χ4v) is 2.88. The van der Waals surface area contributed by atoms with Gasteiger partial charge in [-0.25, -0.2) is 0 Å². The third-order valence-electron chi connectivity index (χ3n) is 4.15. The van der Waals surface area contributed by atoms with Gasteiger partial charge in [0.15, 0.2) is 0 Å². The van der Waals surface area contributed by atoms with Gasteiger partial charge in [0.05, 0.1) is 7.11 Å². The van der Waals surface area contributed by atoms with Crippen LogP contribution in [0.3, 0.4) is 0 Å². The van der Waals surface area contributed by atoms with Crippen molar-refractivity contribution in [2.24, 2.45) is 5.92 Å². The smallest absolute Gasteiger partial charge is 0.119 e. The van der Waals surface area contributed by atoms with Crippen molar-refractivity contribution in [3.05, 3.63) is 29.8 Å². The summed E-state index contributed by atoms with van der Waals surface area (Å²) in [5, 5.41) is 3.63. The van der Waals surface area contributed by atoms with Crippen LogP contribution < -0.4 is 10.1 Å². The largest absolute Gasteiger partial charge is 0.497 e. The Labute approximate surface area is 122 Å². The van der Waals surface area contributed by atoms with Crippen LogP contribution >= 0.6 is 0 Å². The SMILES string of the molecule is COc1cccc(C2(CNCC(C)C)CCOCC2)c1. The van der Waals surface area contributed by atoms with Crippen molar-refractivity contribution in [1.29, 1.82) is 0 Å². The van der Waals surface area contributed by atoms with Crippen LogP contribution in [0.4, 0.5) is 0 Å². The number of hydrogen-bond donors (Lipinski definition) is 1. The van der Waals surface area contributed by atoms with E-state index in [0.717, 1.165) is 44.9 Å². The van der Waals surface area contributed by atoms with Gasteiger partial charge in [-0.3, -0.25) is 0 Å². The van der Waals surface area contributed by atoms with Crippen LogP contribution in [0.1, 0.15) is 32.3 Å². The van der Waals surface area contributed by atoms with E-state index in [1.165, 1.54) is 5.56 Å². The lowest BCUT2D eigenvalue weighted by molar-refractivity contribution is 0.0496. The van der Waals surface area contributed by atoms with Crippen molar-refractivity contribution < 1.29 is 9.47 Å². The molecule has 0 bridgehead atoms. The summed E-state index contributed by atoms with van der Waals surface area (Å²) < 4.78 is 11.0. The number of ether oxygens (including phenoxy) is 2. The van der Waals surface area contributed by atoms with Gasteiger partial charge in [-0.15, -0.1) is 0 Å². The van der Waals surface area contributed by atoms with Gasteiger partial charge in [0, 0.05) is 25.2 Å². The van der Waals surface area contributed by atoms with E-state index in [0.29, 0.717) is 5.92 Å². The van der Waals surface area contributed by atoms with Crippen LogP contribution in [-0.4, -0.2) is 33.4 Å². The highest BCUT2D eigenvalue weighted by Gasteiger charge is 2.34. The highest BCUT2D eigenvalue weighted by atomic mass is 16.5. The molecule has 1 saturated heterocycles. The molecular formula is C17H27NO2. The van der Waals surface area contributed by atoms with E-state index in [2.05, 4.69) is 37.4 Å². The Kier molecular flexibility index (Phi) is 5.44. The first-order valence-electron chi connectivity index (χ1n) is 7.59. The van der Waals surface area contributed by atoms with Gasteiger partial charge in [0.2, 0.25) is 0 Å². The Morgan fingerprint density at radius 2 is 2.05 bits per heavy atom. The molecule has 0 unspecified atom stereocenters. The molecule has 1 heterocycles. The molecule has 0 amide bonds. The molecule has 3 heteroatoms. The Hall–Kier alpha value is -1.06. The summed E-state index contributed by atoms with van der Waals surface area (Å²) in [5.41, 5.74) is 1.55. The van der Waals surface area contributed by atoms with Gasteiger partial charge in [-0.05, 0) is 43.0 Å². The highest BCUT2D eigenvalue weighted by Crippen LogP contribution is 2.35. The summed E-state index contributed by atoms with van der Waals surface area (Å²) in [7, 11) is 1.73. The molecule has 1 N–H and O–H groups in total. The average molecular weight is 277 g/mol. The van der Waals surface area contributed by atoms with Gasteiger partial charge in [0.25, 0.3) is 0 Å². The molecule has 0 radical (unpaired) electrons. The number of benzene rings is 1. The summed E-state index contributed by atoms with van der Waals surface area (Å²) in [6.07, 6.45) is 2.15. The zero-order valence-electron chi connectivity index (χ0n) is 12.9. The second kappa shape index (κ2) is 7.09. The van der Waals surface area contributed by atoms with Gasteiger partial charge < -0.3 is 14.8 Å². The Balaban J connectivity index is 2.16. The lowest BCUT2D eigenvalue weighted by atomic mass is 9.74. The van der Waals surface area contributed by atoms with Crippen LogP contribution in [0.5, 0.6) is 5.75 Å². The normalized spacial score (nSPS) is 18.2. The third-order valence-corrected chi connectivity index (χ3v) is 4.15. The van der Waals surface area contributed by atoms with Crippen LogP contribution in [0.2, 0.25) is 0 Å². The molecular weight excluding hydrogens is 250 g/mol. The predicted molar refractivity (Wildman–Crippen MR) is 82.4 cm³/mol. The standard InChI is InChI=1S/C17H27NO2/c1-14(2)12-18-13-17(7-9-20-10-8-17)15-5-4-6-16(11-15)19-3/h4-6,11,14,18H,7-10,12-13H2,1-3H3. The van der Waals surface area contributed by atoms with Gasteiger partial charge in [-0.1, -0.05) is 26.0 Å². The van der Waals surface area contributed by atoms with E-state index in [-0.39, 0.29) is 5.41 Å². The first-order chi connectivity index (χ1) is 9.66. The molecule has 3 nitrogen and oxygen atoms in total. The minimum absolute atomic E-state index is 0.182. The molecule has 0 atom stereocenters. The Morgan fingerprint density at radius 1 is 1.30 bits per heavy atom. The molecule has 1 aromatic carbocycles. The summed E-state index contributed by atoms with van der Waals surface area (Å²) in [6, 6.07) is 8.51. The number of hydrogen-bond acceptors (Lipinski definition) is 3. The molecule has 1 aromatic rings. The molecule has 0 spiro atoms. The quantitative estimate of drug-likeness (QED) is 0.867. The van der Waals surface area contributed by atoms with Crippen molar-refractivity contribution in [3.8, 4) is 5.75 Å². The molecule has 2 rings (SSSR count). The molecule has 1 aliphatic heterocycles. The monoisotopic (exact) mass is 277 g/mol. The van der Waals surface area contributed by atoms with Crippen molar-refractivity contribution in [3.63, 3.8) is 0 Å². The Morgan fingerprint density at radius 3 is 2.70 bits per heavy atom. The van der Waals surface area contributed by atoms with Crippen molar-refractivity contribution in [1.82, 2.24) is 5.32 Å². The Bertz CT molecular complexity index is 411. The van der Waals surface area contributed by atoms with E-state index >= 15 is 0 Å². The van der Waals surface area contributed by atoms with Crippen LogP contribution in [-0.2, 0) is 10.2 Å². The van der Waals surface area contributed by atoms with E-state index in [4.69, 9.17) is 9.47 Å². The van der Waals surface area contributed by atoms with Gasteiger partial charge in [0.1, 0.15) is 5.75 Å². The van der Waals surface area contributed by atoms with Crippen LogP contribution in [0.25, 0.3) is 0 Å². The molecule has 0 aromatic heterocycles. The minimum atomic E-state index is 0.182. The second-order valence-corrected chi connectivity index (χ2v) is 6.15. The van der Waals surface area contributed by atoms with Crippen LogP contribution in [0, 0.1) is 5.92 Å². The van der Waals surface area contributed by atoms with E-state index < -0.39 is 0 Å². The van der Waals surface area contributed by atoms with Gasteiger partial charge in [-0.2, -0.15) is 0 Å². The first kappa shape index (κ1) is 15.3. The topological polar surface area (TPSA) is 30.5 Å². The fourth-order valence-electron chi connectivity index (χ4n) is 2.88. The number of methoxy groups -OCH3 is 1. The maximum Gasteiger partial charge on any atom is 0.119 e. The maximum atomic E-state index is 5.57. The lowest BCUT2D eigenvalue weighted by Gasteiger charge is -2.38. The highest BCUT2D eigenvalue weighted by molar-refractivity contribution is 5.34. The first-order valence-corrected chi connectivity index (χ1v) is 7.59. The van der Waals surface area contributed by atoms with Crippen molar-refractivity contribution in [2.45, 2.75) is 32.1 Å². The minimum Gasteiger partial charge on any atom is -0.497 e. The van der Waals surface area contributed by atoms with Crippen molar-refractivity contribution in [2.75, 3.05) is 33.4 Å². The van der Waals surface area contributed by atoms with E-state index in [9.17, 15) is 0 Å². The molecule has 1 fully saturated rings. The molecule has 0 saturated carbocycles. The number of nitrogens with one attached hydrogen (secondary N) is 1. The molecule has 20 heavy (non-hydrogen) atoms. The van der Waals surface area contributed by atoms with Crippen molar-refractivity contribution >= 4 is 0 Å². The average Bonchev–Trinajstić information content (AvgIpc) is 2.48. The summed E-state index contributed by atoms with van der Waals surface area (Å²) in [6.45, 7) is 8.26. The van der Waals surface area contributed by atoms with E-state index in [1.807, 2.05) is 6.07 Å². The maximum absolute atomic E-state index is 5.57. The number of rotatable bonds is 6. The zero-order valence-corrected chi connectivity index (χ0v) is 12.9. The second-order valence-electron chi connectivity index (χ2n) is 6.15. The third kappa shape index (κ3) is 3.74. The molecule has 0 aliphatic carbocycles. The fraction of sp³-hybridized carbons (Fsp3) is 0.647. The van der Waals surface area contributed by atoms with Crippen LogP contribution in [0.15, 0.2) is 24.3 Å². The predicted octanol–water partition coefficient (Wildman–Crippen LogP) is 2.99. The summed E-state index contributed by atoms with van der Waals surface area (Å²) in [4.78, 5) is 0. The van der Waals surface area contributed by atoms with E-state index in [1.54, 1.807) is 7.11 Å². The summed E-state index contributed by atoms with van der Waals surface area (Å²) >= 11 is 0. The molecule has 112 valence electrons.